The molecule has 0 radical (unpaired) electrons. The van der Waals surface area contributed by atoms with E-state index in [9.17, 15) is 9.59 Å². The van der Waals surface area contributed by atoms with E-state index in [1.807, 2.05) is 4.90 Å². The number of carbonyl (C=O) groups excluding carboxylic acids is 2. The summed E-state index contributed by atoms with van der Waals surface area (Å²) in [4.78, 5) is 27.8. The van der Waals surface area contributed by atoms with Gasteiger partial charge in [-0.25, -0.2) is 0 Å². The van der Waals surface area contributed by atoms with E-state index in [4.69, 9.17) is 0 Å². The molecule has 1 aliphatic heterocycles. The van der Waals surface area contributed by atoms with Crippen LogP contribution in [0, 0.1) is 0 Å². The maximum Gasteiger partial charge on any atom is 0.249 e. The molecule has 1 heterocycles. The number of carbonyl (C=O) groups is 2. The van der Waals surface area contributed by atoms with Gasteiger partial charge in [0.05, 0.1) is 0 Å². The summed E-state index contributed by atoms with van der Waals surface area (Å²) in [7, 11) is 0. The van der Waals surface area contributed by atoms with Gasteiger partial charge in [-0.15, -0.1) is 0 Å². The van der Waals surface area contributed by atoms with E-state index in [1.165, 1.54) is 0 Å². The molecule has 5 heteroatoms. The molecule has 112 valence electrons. The first-order valence-corrected chi connectivity index (χ1v) is 9.18. The number of hydrogen-bond donors (Lipinski definition) is 1. The van der Waals surface area contributed by atoms with Crippen LogP contribution in [-0.4, -0.2) is 46.3 Å². The Morgan fingerprint density at radius 1 is 1.10 bits per heavy atom. The molecule has 20 heavy (non-hydrogen) atoms. The smallest absolute Gasteiger partial charge is 0.249 e. The van der Waals surface area contributed by atoms with E-state index in [0.29, 0.717) is 0 Å². The van der Waals surface area contributed by atoms with Gasteiger partial charge in [0.15, 0.2) is 0 Å². The van der Waals surface area contributed by atoms with Crippen molar-refractivity contribution in [1.29, 1.82) is 0 Å². The van der Waals surface area contributed by atoms with Crippen molar-refractivity contribution in [1.82, 2.24) is 10.2 Å². The highest BCUT2D eigenvalue weighted by molar-refractivity contribution is 7.98. The zero-order valence-electron chi connectivity index (χ0n) is 12.2. The lowest BCUT2D eigenvalue weighted by Gasteiger charge is -2.50. The third-order valence-corrected chi connectivity index (χ3v) is 5.94. The Labute approximate surface area is 125 Å². The fourth-order valence-corrected chi connectivity index (χ4v) is 4.60. The van der Waals surface area contributed by atoms with Crippen molar-refractivity contribution in [3.8, 4) is 0 Å². The predicted octanol–water partition coefficient (Wildman–Crippen LogP) is 1.93. The third kappa shape index (κ3) is 1.97. The molecular weight excluding hydrogens is 272 g/mol. The quantitative estimate of drug-likeness (QED) is 0.866. The van der Waals surface area contributed by atoms with Crippen LogP contribution in [0.15, 0.2) is 0 Å². The van der Waals surface area contributed by atoms with Crippen molar-refractivity contribution in [2.24, 2.45) is 0 Å². The van der Waals surface area contributed by atoms with Crippen LogP contribution in [0.2, 0.25) is 0 Å². The molecule has 0 unspecified atom stereocenters. The summed E-state index contributed by atoms with van der Waals surface area (Å²) < 4.78 is 0. The molecule has 4 nitrogen and oxygen atoms in total. The second-order valence-corrected chi connectivity index (χ2v) is 7.42. The van der Waals surface area contributed by atoms with Gasteiger partial charge in [-0.1, -0.05) is 25.7 Å². The molecule has 0 aromatic carbocycles. The summed E-state index contributed by atoms with van der Waals surface area (Å²) in [5.74, 6) is 1.24. The van der Waals surface area contributed by atoms with Crippen LogP contribution in [0.1, 0.15) is 51.4 Å². The van der Waals surface area contributed by atoms with Crippen LogP contribution in [-0.2, 0) is 9.59 Å². The van der Waals surface area contributed by atoms with E-state index in [1.54, 1.807) is 11.8 Å². The van der Waals surface area contributed by atoms with Gasteiger partial charge < -0.3 is 10.2 Å². The second-order valence-electron chi connectivity index (χ2n) is 6.43. The van der Waals surface area contributed by atoms with Crippen LogP contribution in [0.5, 0.6) is 0 Å². The van der Waals surface area contributed by atoms with Gasteiger partial charge in [0.1, 0.15) is 11.1 Å². The van der Waals surface area contributed by atoms with Crippen molar-refractivity contribution in [2.75, 3.05) is 18.6 Å². The van der Waals surface area contributed by atoms with Gasteiger partial charge in [0.2, 0.25) is 11.8 Å². The molecule has 3 aliphatic rings. The summed E-state index contributed by atoms with van der Waals surface area (Å²) in [6.45, 7) is 0.717. The zero-order chi connectivity index (χ0) is 14.2. The monoisotopic (exact) mass is 296 g/mol. The largest absolute Gasteiger partial charge is 0.340 e. The van der Waals surface area contributed by atoms with E-state index in [0.717, 1.165) is 63.7 Å². The number of hydrogen-bond acceptors (Lipinski definition) is 3. The molecule has 3 fully saturated rings. The van der Waals surface area contributed by atoms with Gasteiger partial charge in [0, 0.05) is 12.3 Å². The number of thioether (sulfide) groups is 1. The third-order valence-electron chi connectivity index (χ3n) is 5.35. The maximum atomic E-state index is 13.1. The van der Waals surface area contributed by atoms with Crippen molar-refractivity contribution in [3.63, 3.8) is 0 Å². The van der Waals surface area contributed by atoms with Gasteiger partial charge in [0.25, 0.3) is 0 Å². The van der Waals surface area contributed by atoms with Gasteiger partial charge in [-0.2, -0.15) is 11.8 Å². The highest BCUT2D eigenvalue weighted by Gasteiger charge is 2.59. The molecule has 0 aromatic heterocycles. The first kappa shape index (κ1) is 14.2. The summed E-state index contributed by atoms with van der Waals surface area (Å²) in [6.07, 6.45) is 9.61. The Bertz CT molecular complexity index is 412. The molecule has 2 amide bonds. The molecule has 2 saturated carbocycles. The number of nitrogens with zero attached hydrogens (tertiary/aromatic N) is 1. The summed E-state index contributed by atoms with van der Waals surface area (Å²) in [5, 5.41) is 3.14. The van der Waals surface area contributed by atoms with Crippen LogP contribution < -0.4 is 5.32 Å². The average Bonchev–Trinajstić information content (AvgIpc) is 3.08. The zero-order valence-corrected chi connectivity index (χ0v) is 13.1. The SMILES string of the molecule is CSCCN1C(=O)C2(CCCC2)NC(=O)C12CCCC2. The Morgan fingerprint density at radius 2 is 1.70 bits per heavy atom. The van der Waals surface area contributed by atoms with E-state index in [2.05, 4.69) is 11.6 Å². The lowest BCUT2D eigenvalue weighted by Crippen LogP contribution is -2.74. The maximum absolute atomic E-state index is 13.1. The molecule has 0 bridgehead atoms. The van der Waals surface area contributed by atoms with Gasteiger partial charge >= 0.3 is 0 Å². The van der Waals surface area contributed by atoms with Gasteiger partial charge in [-0.05, 0) is 31.9 Å². The van der Waals surface area contributed by atoms with Crippen LogP contribution >= 0.6 is 11.8 Å². The lowest BCUT2D eigenvalue weighted by atomic mass is 9.83. The number of amides is 2. The highest BCUT2D eigenvalue weighted by atomic mass is 32.2. The van der Waals surface area contributed by atoms with E-state index in [-0.39, 0.29) is 11.8 Å². The molecule has 1 N–H and O–H groups in total. The normalized spacial score (nSPS) is 27.6. The van der Waals surface area contributed by atoms with Crippen LogP contribution in [0.25, 0.3) is 0 Å². The second kappa shape index (κ2) is 5.24. The molecule has 0 aromatic rings. The number of nitrogens with one attached hydrogen (secondary N) is 1. The molecule has 0 atom stereocenters. The lowest BCUT2D eigenvalue weighted by molar-refractivity contribution is -0.162. The number of piperazine rings is 1. The Kier molecular flexibility index (Phi) is 3.73. The molecule has 3 rings (SSSR count). The Balaban J connectivity index is 1.92. The minimum absolute atomic E-state index is 0.123. The standard InChI is InChI=1S/C15H24N2O2S/c1-20-11-10-17-13(19)14(6-2-3-7-14)16-12(18)15(17)8-4-5-9-15/h2-11H2,1H3,(H,16,18). The summed E-state index contributed by atoms with van der Waals surface area (Å²) in [6, 6.07) is 0. The first-order chi connectivity index (χ1) is 9.65. The van der Waals surface area contributed by atoms with E-state index < -0.39 is 11.1 Å². The topological polar surface area (TPSA) is 49.4 Å². The predicted molar refractivity (Wildman–Crippen MR) is 80.6 cm³/mol. The van der Waals surface area contributed by atoms with Crippen LogP contribution in [0.4, 0.5) is 0 Å². The van der Waals surface area contributed by atoms with E-state index >= 15 is 0 Å². The Morgan fingerprint density at radius 3 is 2.30 bits per heavy atom. The minimum atomic E-state index is -0.566. The fraction of sp³-hybridized carbons (Fsp3) is 0.867. The fourth-order valence-electron chi connectivity index (χ4n) is 4.23. The summed E-state index contributed by atoms with van der Waals surface area (Å²) in [5.41, 5.74) is -1.09. The van der Waals surface area contributed by atoms with Crippen molar-refractivity contribution in [3.05, 3.63) is 0 Å². The molecule has 2 aliphatic carbocycles. The Hall–Kier alpha value is -0.710. The van der Waals surface area contributed by atoms with Crippen molar-refractivity contribution >= 4 is 23.6 Å². The molecular formula is C15H24N2O2S. The summed E-state index contributed by atoms with van der Waals surface area (Å²) >= 11 is 1.75. The number of rotatable bonds is 3. The van der Waals surface area contributed by atoms with Crippen LogP contribution in [0.3, 0.4) is 0 Å². The van der Waals surface area contributed by atoms with Crippen molar-refractivity contribution in [2.45, 2.75) is 62.4 Å². The minimum Gasteiger partial charge on any atom is -0.340 e. The molecule has 2 spiro atoms. The van der Waals surface area contributed by atoms with Crippen molar-refractivity contribution < 1.29 is 9.59 Å². The van der Waals surface area contributed by atoms with Gasteiger partial charge in [-0.3, -0.25) is 9.59 Å². The highest BCUT2D eigenvalue weighted by Crippen LogP contribution is 2.43. The average molecular weight is 296 g/mol. The first-order valence-electron chi connectivity index (χ1n) is 7.78. The molecule has 1 saturated heterocycles.